The standard InChI is InChI=1S/C17H23NO2/c1-4-20-13(2)11-18-12-16-15-8-6-5-7-14(15)9-10-17(16)19-3/h5-10,13,18H,4,11-12H2,1-3H3. The third-order valence-corrected chi connectivity index (χ3v) is 3.40. The van der Waals surface area contributed by atoms with Crippen LogP contribution >= 0.6 is 0 Å². The van der Waals surface area contributed by atoms with E-state index in [0.717, 1.165) is 25.4 Å². The fourth-order valence-electron chi connectivity index (χ4n) is 2.43. The number of fused-ring (bicyclic) bond motifs is 1. The number of nitrogens with one attached hydrogen (secondary N) is 1. The summed E-state index contributed by atoms with van der Waals surface area (Å²) < 4.78 is 11.0. The zero-order chi connectivity index (χ0) is 14.4. The van der Waals surface area contributed by atoms with E-state index in [4.69, 9.17) is 9.47 Å². The second kappa shape index (κ2) is 7.27. The Kier molecular flexibility index (Phi) is 5.39. The average molecular weight is 273 g/mol. The Bertz CT molecular complexity index is 554. The zero-order valence-electron chi connectivity index (χ0n) is 12.5. The summed E-state index contributed by atoms with van der Waals surface area (Å²) in [6, 6.07) is 12.5. The first-order chi connectivity index (χ1) is 9.76. The molecule has 108 valence electrons. The molecule has 0 aliphatic carbocycles. The van der Waals surface area contributed by atoms with Gasteiger partial charge < -0.3 is 14.8 Å². The molecule has 0 saturated heterocycles. The average Bonchev–Trinajstić information content (AvgIpc) is 2.47. The SMILES string of the molecule is CCOC(C)CNCc1c(OC)ccc2ccccc12. The molecule has 3 heteroatoms. The highest BCUT2D eigenvalue weighted by atomic mass is 16.5. The number of ether oxygens (including phenoxy) is 2. The first-order valence-corrected chi connectivity index (χ1v) is 7.13. The molecule has 0 saturated carbocycles. The van der Waals surface area contributed by atoms with Gasteiger partial charge in [-0.2, -0.15) is 0 Å². The predicted molar refractivity (Wildman–Crippen MR) is 83.3 cm³/mol. The Morgan fingerprint density at radius 3 is 2.70 bits per heavy atom. The van der Waals surface area contributed by atoms with Crippen molar-refractivity contribution in [3.8, 4) is 5.75 Å². The van der Waals surface area contributed by atoms with Crippen molar-refractivity contribution in [1.29, 1.82) is 0 Å². The molecule has 1 unspecified atom stereocenters. The largest absolute Gasteiger partial charge is 0.496 e. The lowest BCUT2D eigenvalue weighted by Crippen LogP contribution is -2.26. The van der Waals surface area contributed by atoms with E-state index in [2.05, 4.69) is 42.6 Å². The van der Waals surface area contributed by atoms with Crippen LogP contribution in [0, 0.1) is 0 Å². The Morgan fingerprint density at radius 2 is 1.95 bits per heavy atom. The van der Waals surface area contributed by atoms with Crippen LogP contribution in [0.15, 0.2) is 36.4 Å². The highest BCUT2D eigenvalue weighted by molar-refractivity contribution is 5.87. The highest BCUT2D eigenvalue weighted by Gasteiger charge is 2.08. The van der Waals surface area contributed by atoms with Gasteiger partial charge in [0.1, 0.15) is 5.75 Å². The molecule has 0 aliphatic rings. The minimum atomic E-state index is 0.223. The van der Waals surface area contributed by atoms with Crippen molar-refractivity contribution < 1.29 is 9.47 Å². The molecule has 3 nitrogen and oxygen atoms in total. The van der Waals surface area contributed by atoms with E-state index < -0.39 is 0 Å². The topological polar surface area (TPSA) is 30.5 Å². The van der Waals surface area contributed by atoms with Crippen LogP contribution in [0.2, 0.25) is 0 Å². The molecule has 0 aliphatic heterocycles. The molecule has 20 heavy (non-hydrogen) atoms. The molecular formula is C17H23NO2. The van der Waals surface area contributed by atoms with E-state index in [1.807, 2.05) is 13.0 Å². The lowest BCUT2D eigenvalue weighted by atomic mass is 10.0. The number of rotatable bonds is 7. The first-order valence-electron chi connectivity index (χ1n) is 7.13. The number of benzene rings is 2. The van der Waals surface area contributed by atoms with Crippen LogP contribution in [-0.4, -0.2) is 26.4 Å². The molecule has 0 radical (unpaired) electrons. The molecular weight excluding hydrogens is 250 g/mol. The molecule has 0 fully saturated rings. The van der Waals surface area contributed by atoms with Crippen molar-refractivity contribution in [3.05, 3.63) is 42.0 Å². The summed E-state index contributed by atoms with van der Waals surface area (Å²) in [5.74, 6) is 0.931. The molecule has 2 aromatic rings. The lowest BCUT2D eigenvalue weighted by Gasteiger charge is -2.15. The fourth-order valence-corrected chi connectivity index (χ4v) is 2.43. The normalized spacial score (nSPS) is 12.6. The third-order valence-electron chi connectivity index (χ3n) is 3.40. The van der Waals surface area contributed by atoms with Crippen LogP contribution in [-0.2, 0) is 11.3 Å². The van der Waals surface area contributed by atoms with E-state index in [-0.39, 0.29) is 6.10 Å². The highest BCUT2D eigenvalue weighted by Crippen LogP contribution is 2.27. The number of hydrogen-bond donors (Lipinski definition) is 1. The second-order valence-electron chi connectivity index (χ2n) is 4.86. The van der Waals surface area contributed by atoms with Gasteiger partial charge in [0, 0.05) is 25.3 Å². The summed E-state index contributed by atoms with van der Waals surface area (Å²) in [6.45, 7) is 6.46. The molecule has 0 bridgehead atoms. The van der Waals surface area contributed by atoms with Crippen molar-refractivity contribution in [1.82, 2.24) is 5.32 Å². The van der Waals surface area contributed by atoms with E-state index in [1.165, 1.54) is 16.3 Å². The Hall–Kier alpha value is -1.58. The summed E-state index contributed by atoms with van der Waals surface area (Å²) in [7, 11) is 1.72. The quantitative estimate of drug-likeness (QED) is 0.839. The van der Waals surface area contributed by atoms with Crippen LogP contribution in [0.1, 0.15) is 19.4 Å². The molecule has 1 atom stereocenters. The Balaban J connectivity index is 2.15. The monoisotopic (exact) mass is 273 g/mol. The molecule has 0 aromatic heterocycles. The van der Waals surface area contributed by atoms with Crippen LogP contribution in [0.4, 0.5) is 0 Å². The number of methoxy groups -OCH3 is 1. The predicted octanol–water partition coefficient (Wildman–Crippen LogP) is 3.36. The van der Waals surface area contributed by atoms with Gasteiger partial charge in [0.25, 0.3) is 0 Å². The zero-order valence-corrected chi connectivity index (χ0v) is 12.5. The van der Waals surface area contributed by atoms with E-state index in [1.54, 1.807) is 7.11 Å². The van der Waals surface area contributed by atoms with Crippen LogP contribution in [0.3, 0.4) is 0 Å². The van der Waals surface area contributed by atoms with Crippen LogP contribution in [0.25, 0.3) is 10.8 Å². The van der Waals surface area contributed by atoms with Gasteiger partial charge in [-0.15, -0.1) is 0 Å². The lowest BCUT2D eigenvalue weighted by molar-refractivity contribution is 0.0759. The van der Waals surface area contributed by atoms with E-state index in [0.29, 0.717) is 0 Å². The molecule has 2 aromatic carbocycles. The maximum absolute atomic E-state index is 5.53. The summed E-state index contributed by atoms with van der Waals surface area (Å²) >= 11 is 0. The second-order valence-corrected chi connectivity index (χ2v) is 4.86. The van der Waals surface area contributed by atoms with Crippen molar-refractivity contribution in [2.24, 2.45) is 0 Å². The van der Waals surface area contributed by atoms with Gasteiger partial charge >= 0.3 is 0 Å². The summed E-state index contributed by atoms with van der Waals surface area (Å²) in [4.78, 5) is 0. The molecule has 1 N–H and O–H groups in total. The van der Waals surface area contributed by atoms with Gasteiger partial charge in [-0.05, 0) is 30.7 Å². The van der Waals surface area contributed by atoms with Gasteiger partial charge in [0.2, 0.25) is 0 Å². The summed E-state index contributed by atoms with van der Waals surface area (Å²) in [6.07, 6.45) is 0.223. The van der Waals surface area contributed by atoms with Gasteiger partial charge in [-0.25, -0.2) is 0 Å². The molecule has 0 heterocycles. The Morgan fingerprint density at radius 1 is 1.15 bits per heavy atom. The van der Waals surface area contributed by atoms with E-state index in [9.17, 15) is 0 Å². The molecule has 0 amide bonds. The third kappa shape index (κ3) is 3.50. The van der Waals surface area contributed by atoms with Crippen LogP contribution < -0.4 is 10.1 Å². The van der Waals surface area contributed by atoms with Crippen molar-refractivity contribution in [3.63, 3.8) is 0 Å². The van der Waals surface area contributed by atoms with Gasteiger partial charge in [0.05, 0.1) is 13.2 Å². The molecule has 0 spiro atoms. The minimum Gasteiger partial charge on any atom is -0.496 e. The van der Waals surface area contributed by atoms with Gasteiger partial charge in [-0.3, -0.25) is 0 Å². The van der Waals surface area contributed by atoms with Gasteiger partial charge in [-0.1, -0.05) is 30.3 Å². The van der Waals surface area contributed by atoms with Gasteiger partial charge in [0.15, 0.2) is 0 Å². The summed E-state index contributed by atoms with van der Waals surface area (Å²) in [5.41, 5.74) is 1.20. The van der Waals surface area contributed by atoms with Crippen LogP contribution in [0.5, 0.6) is 5.75 Å². The maximum Gasteiger partial charge on any atom is 0.123 e. The summed E-state index contributed by atoms with van der Waals surface area (Å²) in [5, 5.41) is 5.93. The minimum absolute atomic E-state index is 0.223. The Labute approximate surface area is 120 Å². The fraction of sp³-hybridized carbons (Fsp3) is 0.412. The number of hydrogen-bond acceptors (Lipinski definition) is 3. The molecule has 2 rings (SSSR count). The van der Waals surface area contributed by atoms with Crippen molar-refractivity contribution in [2.45, 2.75) is 26.5 Å². The van der Waals surface area contributed by atoms with Crippen molar-refractivity contribution in [2.75, 3.05) is 20.3 Å². The van der Waals surface area contributed by atoms with Crippen molar-refractivity contribution >= 4 is 10.8 Å². The maximum atomic E-state index is 5.53. The van der Waals surface area contributed by atoms with E-state index >= 15 is 0 Å². The first kappa shape index (κ1) is 14.8. The smallest absolute Gasteiger partial charge is 0.123 e.